The molecule has 0 fully saturated rings. The molecule has 1 aromatic carbocycles. The van der Waals surface area contributed by atoms with Crippen LogP contribution in [-0.4, -0.2) is 44.8 Å². The number of hydrogen-bond donors (Lipinski definition) is 1. The summed E-state index contributed by atoms with van der Waals surface area (Å²) < 4.78 is 15.9. The van der Waals surface area contributed by atoms with Crippen LogP contribution in [0.25, 0.3) is 0 Å². The zero-order chi connectivity index (χ0) is 15.7. The van der Waals surface area contributed by atoms with Crippen LogP contribution in [0.4, 0.5) is 11.4 Å². The lowest BCUT2D eigenvalue weighted by Crippen LogP contribution is -2.50. The molecule has 2 aliphatic rings. The molecule has 118 valence electrons. The van der Waals surface area contributed by atoms with Crippen LogP contribution in [0.1, 0.15) is 13.3 Å². The van der Waals surface area contributed by atoms with E-state index in [0.29, 0.717) is 36.8 Å². The predicted octanol–water partition coefficient (Wildman–Crippen LogP) is 1.17. The minimum Gasteiger partial charge on any atom is -0.486 e. The number of hydrogen-bond acceptors (Lipinski definition) is 6. The minimum atomic E-state index is -0.652. The fourth-order valence-electron chi connectivity index (χ4n) is 2.74. The van der Waals surface area contributed by atoms with Crippen molar-refractivity contribution in [3.8, 4) is 11.5 Å². The van der Waals surface area contributed by atoms with Crippen LogP contribution >= 0.6 is 0 Å². The van der Waals surface area contributed by atoms with E-state index >= 15 is 0 Å². The number of nitrogens with zero attached hydrogens (tertiary/aromatic N) is 1. The van der Waals surface area contributed by atoms with Crippen molar-refractivity contribution in [1.82, 2.24) is 0 Å². The number of carbonyl (C=O) groups is 2. The number of amides is 1. The predicted molar refractivity (Wildman–Crippen MR) is 79.5 cm³/mol. The maximum absolute atomic E-state index is 12.3. The van der Waals surface area contributed by atoms with Gasteiger partial charge in [-0.05, 0) is 6.42 Å². The van der Waals surface area contributed by atoms with Crippen LogP contribution in [0.3, 0.4) is 0 Å². The Morgan fingerprint density at radius 3 is 2.68 bits per heavy atom. The van der Waals surface area contributed by atoms with Crippen molar-refractivity contribution in [2.45, 2.75) is 19.4 Å². The van der Waals surface area contributed by atoms with Crippen molar-refractivity contribution >= 4 is 23.3 Å². The summed E-state index contributed by atoms with van der Waals surface area (Å²) in [5, 5.41) is 3.05. The summed E-state index contributed by atoms with van der Waals surface area (Å²) in [6.07, 6.45) is 0.465. The molecule has 0 saturated carbocycles. The molecule has 2 heterocycles. The van der Waals surface area contributed by atoms with E-state index in [9.17, 15) is 9.59 Å². The van der Waals surface area contributed by atoms with Gasteiger partial charge in [0, 0.05) is 12.1 Å². The lowest BCUT2D eigenvalue weighted by Gasteiger charge is -2.35. The maximum Gasteiger partial charge on any atom is 0.328 e. The molecule has 0 radical (unpaired) electrons. The molecule has 1 amide bonds. The van der Waals surface area contributed by atoms with E-state index in [-0.39, 0.29) is 12.5 Å². The summed E-state index contributed by atoms with van der Waals surface area (Å²) in [5.41, 5.74) is 1.35. The van der Waals surface area contributed by atoms with Crippen LogP contribution < -0.4 is 19.7 Å². The number of ether oxygens (including phenoxy) is 3. The normalized spacial score (nSPS) is 17.4. The zero-order valence-electron chi connectivity index (χ0n) is 12.5. The number of fused-ring (bicyclic) bond motifs is 2. The van der Waals surface area contributed by atoms with Gasteiger partial charge in [-0.25, -0.2) is 4.79 Å². The zero-order valence-corrected chi connectivity index (χ0v) is 12.5. The number of benzene rings is 1. The summed E-state index contributed by atoms with van der Waals surface area (Å²) in [5.74, 6) is 0.601. The number of rotatable bonds is 3. The summed E-state index contributed by atoms with van der Waals surface area (Å²) >= 11 is 0. The van der Waals surface area contributed by atoms with Crippen LogP contribution in [0.15, 0.2) is 12.1 Å². The first kappa shape index (κ1) is 14.5. The van der Waals surface area contributed by atoms with Crippen LogP contribution in [0.5, 0.6) is 11.5 Å². The molecule has 7 heteroatoms. The SMILES string of the molecule is CCC(C(=O)OC)N1C(=O)CNc2cc3c(cc21)OCCO3. The maximum atomic E-state index is 12.3. The fourth-order valence-corrected chi connectivity index (χ4v) is 2.74. The Hall–Kier alpha value is -2.44. The summed E-state index contributed by atoms with van der Waals surface area (Å²) in [6.45, 7) is 2.92. The van der Waals surface area contributed by atoms with E-state index in [1.165, 1.54) is 12.0 Å². The van der Waals surface area contributed by atoms with Crippen molar-refractivity contribution < 1.29 is 23.8 Å². The van der Waals surface area contributed by atoms with Gasteiger partial charge >= 0.3 is 5.97 Å². The Morgan fingerprint density at radius 2 is 2.05 bits per heavy atom. The number of anilines is 2. The fraction of sp³-hybridized carbons (Fsp3) is 0.467. The average molecular weight is 306 g/mol. The first-order valence-corrected chi connectivity index (χ1v) is 7.23. The Kier molecular flexibility index (Phi) is 3.79. The lowest BCUT2D eigenvalue weighted by molar-refractivity contribution is -0.143. The van der Waals surface area contributed by atoms with E-state index < -0.39 is 12.0 Å². The first-order valence-electron chi connectivity index (χ1n) is 7.23. The van der Waals surface area contributed by atoms with E-state index in [1.807, 2.05) is 6.92 Å². The number of nitrogens with one attached hydrogen (secondary N) is 1. The third-order valence-corrected chi connectivity index (χ3v) is 3.79. The second-order valence-electron chi connectivity index (χ2n) is 5.08. The summed E-state index contributed by atoms with van der Waals surface area (Å²) in [6, 6.07) is 2.88. The molecular formula is C15H18N2O5. The second kappa shape index (κ2) is 5.75. The molecule has 2 aliphatic heterocycles. The van der Waals surface area contributed by atoms with Gasteiger partial charge in [0.05, 0.1) is 25.0 Å². The quantitative estimate of drug-likeness (QED) is 0.845. The summed E-state index contributed by atoms with van der Waals surface area (Å²) in [7, 11) is 1.32. The molecule has 0 saturated heterocycles. The van der Waals surface area contributed by atoms with Crippen molar-refractivity contribution in [2.24, 2.45) is 0 Å². The van der Waals surface area contributed by atoms with Gasteiger partial charge in [-0.1, -0.05) is 6.92 Å². The molecule has 22 heavy (non-hydrogen) atoms. The second-order valence-corrected chi connectivity index (χ2v) is 5.08. The van der Waals surface area contributed by atoms with E-state index in [2.05, 4.69) is 5.32 Å². The van der Waals surface area contributed by atoms with Gasteiger partial charge in [0.1, 0.15) is 19.3 Å². The smallest absolute Gasteiger partial charge is 0.328 e. The highest BCUT2D eigenvalue weighted by Gasteiger charge is 2.35. The summed E-state index contributed by atoms with van der Waals surface area (Å²) in [4.78, 5) is 25.8. The average Bonchev–Trinajstić information content (AvgIpc) is 2.55. The van der Waals surface area contributed by atoms with E-state index in [4.69, 9.17) is 14.2 Å². The molecule has 7 nitrogen and oxygen atoms in total. The first-order chi connectivity index (χ1) is 10.7. The molecule has 0 aromatic heterocycles. The molecule has 1 N–H and O–H groups in total. The van der Waals surface area contributed by atoms with E-state index in [1.54, 1.807) is 12.1 Å². The third kappa shape index (κ3) is 2.32. The molecule has 0 bridgehead atoms. The standard InChI is InChI=1S/C15H18N2O5/c1-3-10(15(19)20-2)17-11-7-13-12(21-4-5-22-13)6-9(11)16-8-14(17)18/h6-7,10,16H,3-5,8H2,1-2H3. The largest absolute Gasteiger partial charge is 0.486 e. The van der Waals surface area contributed by atoms with Crippen LogP contribution in [0.2, 0.25) is 0 Å². The van der Waals surface area contributed by atoms with Gasteiger partial charge in [0.15, 0.2) is 11.5 Å². The van der Waals surface area contributed by atoms with Crippen molar-refractivity contribution in [2.75, 3.05) is 37.1 Å². The Morgan fingerprint density at radius 1 is 1.36 bits per heavy atom. The Balaban J connectivity index is 2.05. The van der Waals surface area contributed by atoms with Gasteiger partial charge in [-0.2, -0.15) is 0 Å². The van der Waals surface area contributed by atoms with Crippen molar-refractivity contribution in [1.29, 1.82) is 0 Å². The van der Waals surface area contributed by atoms with Gasteiger partial charge in [-0.15, -0.1) is 0 Å². The van der Waals surface area contributed by atoms with Crippen LogP contribution in [0, 0.1) is 0 Å². The Labute approximate surface area is 128 Å². The van der Waals surface area contributed by atoms with Crippen LogP contribution in [-0.2, 0) is 14.3 Å². The number of carbonyl (C=O) groups excluding carboxylic acids is 2. The highest BCUT2D eigenvalue weighted by atomic mass is 16.6. The monoisotopic (exact) mass is 306 g/mol. The Bertz CT molecular complexity index is 616. The number of methoxy groups -OCH3 is 1. The topological polar surface area (TPSA) is 77.1 Å². The van der Waals surface area contributed by atoms with Gasteiger partial charge in [0.25, 0.3) is 0 Å². The molecule has 1 atom stereocenters. The molecule has 3 rings (SSSR count). The third-order valence-electron chi connectivity index (χ3n) is 3.79. The van der Waals surface area contributed by atoms with Gasteiger partial charge in [0.2, 0.25) is 5.91 Å². The molecule has 0 aliphatic carbocycles. The highest BCUT2D eigenvalue weighted by Crippen LogP contribution is 2.42. The highest BCUT2D eigenvalue weighted by molar-refractivity contribution is 6.07. The van der Waals surface area contributed by atoms with Gasteiger partial charge in [-0.3, -0.25) is 9.69 Å². The van der Waals surface area contributed by atoms with E-state index in [0.717, 1.165) is 5.69 Å². The molecule has 1 aromatic rings. The minimum absolute atomic E-state index is 0.125. The van der Waals surface area contributed by atoms with Crippen molar-refractivity contribution in [3.63, 3.8) is 0 Å². The number of esters is 1. The molecule has 0 spiro atoms. The molecule has 1 unspecified atom stereocenters. The lowest BCUT2D eigenvalue weighted by atomic mass is 10.1. The molecular weight excluding hydrogens is 288 g/mol. The van der Waals surface area contributed by atoms with Crippen molar-refractivity contribution in [3.05, 3.63) is 12.1 Å². The van der Waals surface area contributed by atoms with Gasteiger partial charge < -0.3 is 19.5 Å².